The van der Waals surface area contributed by atoms with Gasteiger partial charge in [0.2, 0.25) is 0 Å². The van der Waals surface area contributed by atoms with Crippen LogP contribution < -0.4 is 11.1 Å². The minimum Gasteiger partial charge on any atom is -0.393 e. The number of alkyl halides is 1. The number of halogens is 4. The molecule has 0 radical (unpaired) electrons. The molecule has 0 amide bonds. The van der Waals surface area contributed by atoms with Crippen molar-refractivity contribution in [3.63, 3.8) is 0 Å². The molecule has 212 valence electrons. The predicted molar refractivity (Wildman–Crippen MR) is 130 cm³/mol. The monoisotopic (exact) mass is 555 g/mol. The van der Waals surface area contributed by atoms with Crippen LogP contribution in [0.25, 0.3) is 11.3 Å². The minimum atomic E-state index is -2.33. The molecule has 1 saturated heterocycles. The van der Waals surface area contributed by atoms with Crippen molar-refractivity contribution < 1.29 is 42.7 Å². The summed E-state index contributed by atoms with van der Waals surface area (Å²) in [6.07, 6.45) is -1.37. The highest BCUT2D eigenvalue weighted by molar-refractivity contribution is 5.63. The molecule has 0 bridgehead atoms. The van der Waals surface area contributed by atoms with Gasteiger partial charge in [-0.3, -0.25) is 4.68 Å². The molecule has 0 saturated carbocycles. The number of aliphatic hydroxyl groups excluding tert-OH is 3. The van der Waals surface area contributed by atoms with Gasteiger partial charge in [-0.05, 0) is 42.7 Å². The van der Waals surface area contributed by atoms with Crippen LogP contribution in [-0.4, -0.2) is 67.2 Å². The molecule has 1 aliphatic rings. The Kier molecular flexibility index (Phi) is 8.54. The van der Waals surface area contributed by atoms with Gasteiger partial charge in [0, 0.05) is 13.1 Å². The Bertz CT molecular complexity index is 1290. The number of nitrogens with zero attached hydrogens (tertiary/aromatic N) is 3. The number of aromatic nitrogens is 3. The molecule has 1 aromatic carbocycles. The van der Waals surface area contributed by atoms with Crippen LogP contribution in [0.3, 0.4) is 0 Å². The average Bonchev–Trinajstić information content (AvgIpc) is 3.18. The highest BCUT2D eigenvalue weighted by atomic mass is 19.1. The number of rotatable bonds is 8. The summed E-state index contributed by atoms with van der Waals surface area (Å²) in [4.78, 5) is 3.92. The maximum absolute atomic E-state index is 14.9. The number of ether oxygens (including phenoxy) is 1. The normalized spacial score (nSPS) is 21.0. The lowest BCUT2D eigenvalue weighted by molar-refractivity contribution is -0.0601. The number of hydrogen-bond acceptors (Lipinski definition) is 9. The molecular weight excluding hydrogens is 526 g/mol. The second-order valence-corrected chi connectivity index (χ2v) is 9.42. The number of nitrogens with one attached hydrogen (secondary N) is 1. The second kappa shape index (κ2) is 11.5. The first-order valence-electron chi connectivity index (χ1n) is 12.1. The Labute approximate surface area is 220 Å². The molecule has 4 atom stereocenters. The number of hydrogen-bond donors (Lipinski definition) is 6. The fourth-order valence-electron chi connectivity index (χ4n) is 4.40. The molecule has 3 aromatic rings. The van der Waals surface area contributed by atoms with Gasteiger partial charge in [-0.2, -0.15) is 5.10 Å². The fraction of sp³-hybridized carbons (Fsp3) is 0.440. The van der Waals surface area contributed by atoms with Crippen LogP contribution in [-0.2, 0) is 17.4 Å². The molecule has 1 unspecified atom stereocenters. The highest BCUT2D eigenvalue weighted by Crippen LogP contribution is 2.35. The molecule has 39 heavy (non-hydrogen) atoms. The number of aliphatic hydroxyl groups is 4. The van der Waals surface area contributed by atoms with Crippen molar-refractivity contribution in [2.75, 3.05) is 25.1 Å². The SMILES string of the molecule is Cn1ncc(NC(O)c2ccc(F)c(-c3c(F)cc(C(O)(CO)CO)cc3F)n2)c1[C@@H]1CC[C@@H](N)[C@@H](F)CO1. The molecule has 1 fully saturated rings. The minimum absolute atomic E-state index is 0.195. The van der Waals surface area contributed by atoms with Gasteiger partial charge in [-0.15, -0.1) is 0 Å². The van der Waals surface area contributed by atoms with Gasteiger partial charge in [-0.25, -0.2) is 22.5 Å². The third-order valence-electron chi connectivity index (χ3n) is 6.75. The molecule has 0 aliphatic carbocycles. The first kappa shape index (κ1) is 28.9. The van der Waals surface area contributed by atoms with E-state index in [1.165, 1.54) is 10.9 Å². The summed E-state index contributed by atoms with van der Waals surface area (Å²) in [6.45, 7) is -2.26. The molecule has 3 heterocycles. The maximum atomic E-state index is 14.9. The van der Waals surface area contributed by atoms with Crippen molar-refractivity contribution in [2.45, 2.75) is 43.0 Å². The first-order chi connectivity index (χ1) is 18.5. The second-order valence-electron chi connectivity index (χ2n) is 9.42. The van der Waals surface area contributed by atoms with E-state index in [1.807, 2.05) is 0 Å². The van der Waals surface area contributed by atoms with Gasteiger partial charge in [0.25, 0.3) is 0 Å². The van der Waals surface area contributed by atoms with Crippen molar-refractivity contribution in [1.82, 2.24) is 14.8 Å². The van der Waals surface area contributed by atoms with Gasteiger partial charge in [0.15, 0.2) is 6.23 Å². The summed E-state index contributed by atoms with van der Waals surface area (Å²) in [5, 5.41) is 46.6. The zero-order chi connectivity index (χ0) is 28.5. The highest BCUT2D eigenvalue weighted by Gasteiger charge is 2.32. The molecular formula is C25H29F4N5O5. The summed E-state index contributed by atoms with van der Waals surface area (Å²) in [5.41, 5.74) is 1.98. The van der Waals surface area contributed by atoms with Crippen molar-refractivity contribution >= 4 is 5.69 Å². The van der Waals surface area contributed by atoms with Crippen LogP contribution in [0.1, 0.15) is 42.1 Å². The summed E-state index contributed by atoms with van der Waals surface area (Å²) < 4.78 is 65.8. The lowest BCUT2D eigenvalue weighted by Crippen LogP contribution is -2.34. The molecule has 14 heteroatoms. The van der Waals surface area contributed by atoms with Crippen molar-refractivity contribution in [3.8, 4) is 11.3 Å². The van der Waals surface area contributed by atoms with Gasteiger partial charge in [-0.1, -0.05) is 0 Å². The number of benzene rings is 1. The number of pyridine rings is 1. The Hall–Kier alpha value is -3.14. The zero-order valence-electron chi connectivity index (χ0n) is 20.9. The van der Waals surface area contributed by atoms with Crippen LogP contribution >= 0.6 is 0 Å². The molecule has 4 rings (SSSR count). The third kappa shape index (κ3) is 5.76. The molecule has 2 aromatic heterocycles. The Balaban J connectivity index is 1.63. The Morgan fingerprint density at radius 2 is 1.82 bits per heavy atom. The van der Waals surface area contributed by atoms with Crippen LogP contribution in [0.4, 0.5) is 23.2 Å². The summed E-state index contributed by atoms with van der Waals surface area (Å²) in [5.74, 6) is -3.73. The predicted octanol–water partition coefficient (Wildman–Crippen LogP) is 1.69. The van der Waals surface area contributed by atoms with Crippen LogP contribution in [0.5, 0.6) is 0 Å². The Morgan fingerprint density at radius 1 is 1.15 bits per heavy atom. The topological polar surface area (TPSA) is 159 Å². The van der Waals surface area contributed by atoms with Crippen molar-refractivity contribution in [1.29, 1.82) is 0 Å². The van der Waals surface area contributed by atoms with E-state index >= 15 is 0 Å². The van der Waals surface area contributed by atoms with Crippen molar-refractivity contribution in [3.05, 3.63) is 64.9 Å². The van der Waals surface area contributed by atoms with Gasteiger partial charge in [0.1, 0.15) is 41.0 Å². The number of aryl methyl sites for hydroxylation is 1. The maximum Gasteiger partial charge on any atom is 0.168 e. The summed E-state index contributed by atoms with van der Waals surface area (Å²) in [7, 11) is 1.63. The average molecular weight is 556 g/mol. The smallest absolute Gasteiger partial charge is 0.168 e. The lowest BCUT2D eigenvalue weighted by atomic mass is 9.93. The van der Waals surface area contributed by atoms with Gasteiger partial charge >= 0.3 is 0 Å². The lowest BCUT2D eigenvalue weighted by Gasteiger charge is -2.24. The van der Waals surface area contributed by atoms with Crippen LogP contribution in [0, 0.1) is 17.5 Å². The molecule has 0 spiro atoms. The molecule has 7 N–H and O–H groups in total. The van der Waals surface area contributed by atoms with E-state index in [-0.39, 0.29) is 12.3 Å². The molecule has 1 aliphatic heterocycles. The van der Waals surface area contributed by atoms with E-state index in [2.05, 4.69) is 15.4 Å². The van der Waals surface area contributed by atoms with Crippen LogP contribution in [0.2, 0.25) is 0 Å². The zero-order valence-corrected chi connectivity index (χ0v) is 20.9. The number of anilines is 1. The fourth-order valence-corrected chi connectivity index (χ4v) is 4.40. The van der Waals surface area contributed by atoms with E-state index in [1.54, 1.807) is 7.05 Å². The quantitative estimate of drug-likeness (QED) is 0.180. The van der Waals surface area contributed by atoms with E-state index in [0.717, 1.165) is 12.1 Å². The van der Waals surface area contributed by atoms with E-state index in [0.29, 0.717) is 36.4 Å². The van der Waals surface area contributed by atoms with E-state index in [9.17, 15) is 38.0 Å². The summed E-state index contributed by atoms with van der Waals surface area (Å²) in [6, 6.07) is 2.60. The largest absolute Gasteiger partial charge is 0.393 e. The van der Waals surface area contributed by atoms with Crippen molar-refractivity contribution in [2.24, 2.45) is 12.8 Å². The van der Waals surface area contributed by atoms with Gasteiger partial charge in [0.05, 0.1) is 48.7 Å². The van der Waals surface area contributed by atoms with E-state index in [4.69, 9.17) is 10.5 Å². The summed E-state index contributed by atoms with van der Waals surface area (Å²) >= 11 is 0. The standard InChI is InChI=1S/C25H29F4N5O5/c1-34-23(20-5-3-17(30)16(29)9-39-20)19(8-31-34)33-24(37)18-4-2-13(26)22(32-18)21-14(27)6-12(7-15(21)28)25(38,10-35)11-36/h2,4,6-8,16-17,20,24,33,35-38H,3,5,9-11,30H2,1H3/t16-,17+,20-,24?/m0/s1. The first-order valence-corrected chi connectivity index (χ1v) is 12.1. The van der Waals surface area contributed by atoms with Crippen LogP contribution in [0.15, 0.2) is 30.5 Å². The molecule has 10 nitrogen and oxygen atoms in total. The Morgan fingerprint density at radius 3 is 2.46 bits per heavy atom. The van der Waals surface area contributed by atoms with Gasteiger partial charge < -0.3 is 36.2 Å². The third-order valence-corrected chi connectivity index (χ3v) is 6.75. The van der Waals surface area contributed by atoms with E-state index < -0.39 is 77.6 Å². The number of nitrogens with two attached hydrogens (primary N) is 1.